The van der Waals surface area contributed by atoms with Crippen LogP contribution < -0.4 is 21.4 Å². The van der Waals surface area contributed by atoms with Crippen LogP contribution in [0.3, 0.4) is 0 Å². The molecular formula is C19H26N4O5S. The van der Waals surface area contributed by atoms with E-state index in [0.717, 1.165) is 19.3 Å². The molecule has 4 N–H and O–H groups in total. The van der Waals surface area contributed by atoms with E-state index in [-0.39, 0.29) is 5.75 Å². The Kier molecular flexibility index (Phi) is 6.63. The highest BCUT2D eigenvalue weighted by Crippen LogP contribution is 2.30. The second-order valence-electron chi connectivity index (χ2n) is 7.40. The Balaban J connectivity index is 1.77. The van der Waals surface area contributed by atoms with E-state index in [1.165, 1.54) is 17.8 Å². The van der Waals surface area contributed by atoms with Crippen molar-refractivity contribution >= 4 is 28.4 Å². The van der Waals surface area contributed by atoms with Crippen LogP contribution in [-0.4, -0.2) is 39.9 Å². The number of carbonyl (C=O) groups is 1. The van der Waals surface area contributed by atoms with Gasteiger partial charge in [0.1, 0.15) is 22.3 Å². The second-order valence-corrected chi connectivity index (χ2v) is 8.36. The fourth-order valence-corrected chi connectivity index (χ4v) is 3.88. The molecular weight excluding hydrogens is 396 g/mol. The largest absolute Gasteiger partial charge is 0.493 e. The molecule has 1 saturated carbocycles. The summed E-state index contributed by atoms with van der Waals surface area (Å²) in [6, 6.07) is 2.42. The average molecular weight is 423 g/mol. The molecule has 1 aliphatic carbocycles. The molecule has 2 atom stereocenters. The van der Waals surface area contributed by atoms with E-state index in [1.54, 1.807) is 13.0 Å². The molecule has 158 valence electrons. The van der Waals surface area contributed by atoms with Gasteiger partial charge >= 0.3 is 5.63 Å². The molecule has 1 amide bonds. The number of nitrogens with one attached hydrogen (secondary N) is 1. The normalized spacial score (nSPS) is 22.9. The number of carbonyl (C=O) groups excluding carboxylic acids is 1. The zero-order valence-corrected chi connectivity index (χ0v) is 17.3. The van der Waals surface area contributed by atoms with Crippen LogP contribution in [0.15, 0.2) is 31.5 Å². The van der Waals surface area contributed by atoms with Crippen molar-refractivity contribution in [3.05, 3.63) is 28.3 Å². The number of thioether (sulfide) groups is 1. The molecule has 3 rings (SSSR count). The SMILES string of the molecule is CCC[C@@H](NC(=O)[C@]1(N)CSC(/C(C)=N\O)=N1)c1cc(OCC2CC2)cc(=O)o1. The lowest BCUT2D eigenvalue weighted by Crippen LogP contribution is -2.54. The minimum atomic E-state index is -1.49. The van der Waals surface area contributed by atoms with Gasteiger partial charge in [0.2, 0.25) is 0 Å². The molecule has 0 unspecified atom stereocenters. The number of hydrogen-bond donors (Lipinski definition) is 3. The molecule has 9 nitrogen and oxygen atoms in total. The van der Waals surface area contributed by atoms with E-state index in [4.69, 9.17) is 20.1 Å². The van der Waals surface area contributed by atoms with Crippen LogP contribution in [0, 0.1) is 5.92 Å². The third-order valence-electron chi connectivity index (χ3n) is 4.75. The molecule has 1 fully saturated rings. The number of hydrogen-bond acceptors (Lipinski definition) is 9. The lowest BCUT2D eigenvalue weighted by molar-refractivity contribution is -0.126. The summed E-state index contributed by atoms with van der Waals surface area (Å²) in [4.78, 5) is 29.1. The number of ether oxygens (including phenoxy) is 1. The molecule has 1 aromatic heterocycles. The summed E-state index contributed by atoms with van der Waals surface area (Å²) in [5, 5.41) is 15.3. The molecule has 2 aliphatic rings. The number of amides is 1. The van der Waals surface area contributed by atoms with Crippen molar-refractivity contribution < 1.29 is 19.2 Å². The molecule has 0 bridgehead atoms. The van der Waals surface area contributed by atoms with E-state index < -0.39 is 23.2 Å². The van der Waals surface area contributed by atoms with E-state index in [9.17, 15) is 9.59 Å². The average Bonchev–Trinajstić information content (AvgIpc) is 3.44. The Morgan fingerprint density at radius 3 is 2.97 bits per heavy atom. The zero-order valence-electron chi connectivity index (χ0n) is 16.5. The van der Waals surface area contributed by atoms with Crippen molar-refractivity contribution in [1.29, 1.82) is 0 Å². The Morgan fingerprint density at radius 1 is 1.55 bits per heavy atom. The van der Waals surface area contributed by atoms with Gasteiger partial charge in [0.15, 0.2) is 5.66 Å². The number of rotatable bonds is 9. The smallest absolute Gasteiger partial charge is 0.339 e. The van der Waals surface area contributed by atoms with Crippen LogP contribution in [0.5, 0.6) is 5.75 Å². The quantitative estimate of drug-likeness (QED) is 0.314. The summed E-state index contributed by atoms with van der Waals surface area (Å²) in [6.45, 7) is 4.11. The molecule has 1 aromatic rings. The fourth-order valence-electron chi connectivity index (χ4n) is 2.85. The van der Waals surface area contributed by atoms with Crippen LogP contribution >= 0.6 is 11.8 Å². The number of nitrogens with two attached hydrogens (primary N) is 1. The third-order valence-corrected chi connectivity index (χ3v) is 6.00. The molecule has 0 saturated heterocycles. The topological polar surface area (TPSA) is 140 Å². The van der Waals surface area contributed by atoms with Gasteiger partial charge in [0.05, 0.1) is 18.7 Å². The third kappa shape index (κ3) is 5.39. The van der Waals surface area contributed by atoms with Gasteiger partial charge in [0, 0.05) is 11.8 Å². The van der Waals surface area contributed by atoms with Crippen LogP contribution in [-0.2, 0) is 4.79 Å². The van der Waals surface area contributed by atoms with Crippen LogP contribution in [0.2, 0.25) is 0 Å². The van der Waals surface area contributed by atoms with Gasteiger partial charge in [-0.3, -0.25) is 10.5 Å². The number of aliphatic imine (C=N–C) groups is 1. The zero-order chi connectivity index (χ0) is 21.0. The first-order chi connectivity index (χ1) is 13.8. The van der Waals surface area contributed by atoms with Crippen LogP contribution in [0.1, 0.15) is 51.3 Å². The highest BCUT2D eigenvalue weighted by Gasteiger charge is 2.41. The molecule has 10 heteroatoms. The van der Waals surface area contributed by atoms with Gasteiger partial charge in [-0.25, -0.2) is 9.79 Å². The van der Waals surface area contributed by atoms with Gasteiger partial charge < -0.3 is 19.7 Å². The highest BCUT2D eigenvalue weighted by molar-refractivity contribution is 8.16. The van der Waals surface area contributed by atoms with E-state index in [2.05, 4.69) is 15.5 Å². The van der Waals surface area contributed by atoms with Crippen LogP contribution in [0.25, 0.3) is 0 Å². The summed E-state index contributed by atoms with van der Waals surface area (Å²) < 4.78 is 11.0. The van der Waals surface area contributed by atoms with Gasteiger partial charge in [-0.1, -0.05) is 18.5 Å². The maximum Gasteiger partial charge on any atom is 0.339 e. The lowest BCUT2D eigenvalue weighted by Gasteiger charge is -2.24. The first kappa shape index (κ1) is 21.4. The Labute approximate surface area is 172 Å². The molecule has 0 radical (unpaired) electrons. The van der Waals surface area contributed by atoms with Crippen molar-refractivity contribution in [2.24, 2.45) is 21.8 Å². The monoisotopic (exact) mass is 422 g/mol. The molecule has 29 heavy (non-hydrogen) atoms. The minimum Gasteiger partial charge on any atom is -0.493 e. The predicted octanol–water partition coefficient (Wildman–Crippen LogP) is 2.04. The molecule has 1 aliphatic heterocycles. The van der Waals surface area contributed by atoms with E-state index in [0.29, 0.717) is 41.2 Å². The van der Waals surface area contributed by atoms with E-state index >= 15 is 0 Å². The first-order valence-electron chi connectivity index (χ1n) is 9.64. The van der Waals surface area contributed by atoms with Crippen LogP contribution in [0.4, 0.5) is 0 Å². The lowest BCUT2D eigenvalue weighted by atomic mass is 10.1. The number of nitrogens with zero attached hydrogens (tertiary/aromatic N) is 2. The van der Waals surface area contributed by atoms with Crippen molar-refractivity contribution in [3.8, 4) is 5.75 Å². The Hall–Kier alpha value is -2.33. The first-order valence-corrected chi connectivity index (χ1v) is 10.6. The van der Waals surface area contributed by atoms with E-state index in [1.807, 2.05) is 6.92 Å². The van der Waals surface area contributed by atoms with Crippen molar-refractivity contribution in [3.63, 3.8) is 0 Å². The molecule has 0 aromatic carbocycles. The Morgan fingerprint density at radius 2 is 2.31 bits per heavy atom. The summed E-state index contributed by atoms with van der Waals surface area (Å²) in [6.07, 6.45) is 3.58. The standard InChI is InChI=1S/C19H26N4O5S/c1-3-4-14(15-7-13(8-16(24)28-15)27-9-12-5-6-12)21-18(25)19(20)10-29-17(22-19)11(2)23-26/h7-8,12,14,26H,3-6,9-10,20H2,1-2H3,(H,21,25)/b23-11-/t14-,19+/m1/s1. The highest BCUT2D eigenvalue weighted by atomic mass is 32.2. The minimum absolute atomic E-state index is 0.217. The van der Waals surface area contributed by atoms with Crippen molar-refractivity contribution in [2.45, 2.75) is 51.2 Å². The summed E-state index contributed by atoms with van der Waals surface area (Å²) in [5.41, 5.74) is 4.46. The van der Waals surface area contributed by atoms with Gasteiger partial charge in [-0.2, -0.15) is 0 Å². The molecule has 2 heterocycles. The summed E-state index contributed by atoms with van der Waals surface area (Å²) in [7, 11) is 0. The maximum absolute atomic E-state index is 12.9. The Bertz CT molecular complexity index is 880. The second kappa shape index (κ2) is 9.00. The maximum atomic E-state index is 12.9. The summed E-state index contributed by atoms with van der Waals surface area (Å²) >= 11 is 1.25. The van der Waals surface area contributed by atoms with Gasteiger partial charge in [0.25, 0.3) is 5.91 Å². The van der Waals surface area contributed by atoms with Gasteiger partial charge in [-0.05, 0) is 32.1 Å². The number of oxime groups is 1. The summed E-state index contributed by atoms with van der Waals surface area (Å²) in [5.74, 6) is 1.04. The fraction of sp³-hybridized carbons (Fsp3) is 0.579. The molecule has 0 spiro atoms. The van der Waals surface area contributed by atoms with Crippen molar-refractivity contribution in [2.75, 3.05) is 12.4 Å². The van der Waals surface area contributed by atoms with Crippen molar-refractivity contribution in [1.82, 2.24) is 5.32 Å². The van der Waals surface area contributed by atoms with Gasteiger partial charge in [-0.15, -0.1) is 11.8 Å². The predicted molar refractivity (Wildman–Crippen MR) is 111 cm³/mol.